The van der Waals surface area contributed by atoms with Crippen LogP contribution in [0.1, 0.15) is 16.8 Å². The van der Waals surface area contributed by atoms with Gasteiger partial charge in [0.15, 0.2) is 5.16 Å². The van der Waals surface area contributed by atoms with E-state index in [4.69, 9.17) is 0 Å². The zero-order valence-electron chi connectivity index (χ0n) is 13.4. The van der Waals surface area contributed by atoms with Crippen LogP contribution in [0.15, 0.2) is 51.2 Å². The quantitative estimate of drug-likeness (QED) is 0.540. The topological polar surface area (TPSA) is 45.8 Å². The summed E-state index contributed by atoms with van der Waals surface area (Å²) in [6, 6.07) is 6.47. The van der Waals surface area contributed by atoms with Crippen molar-refractivity contribution in [3.63, 3.8) is 0 Å². The summed E-state index contributed by atoms with van der Waals surface area (Å²) in [4.78, 5) is 18.8. The van der Waals surface area contributed by atoms with E-state index in [-0.39, 0.29) is 33.3 Å². The van der Waals surface area contributed by atoms with Crippen LogP contribution >= 0.6 is 11.8 Å². The number of benzene rings is 2. The fraction of sp³-hybridized carbons (Fsp3) is 0.111. The van der Waals surface area contributed by atoms with E-state index in [9.17, 15) is 22.4 Å². The number of aromatic nitrogens is 2. The van der Waals surface area contributed by atoms with E-state index in [0.717, 1.165) is 30.0 Å². The molecule has 1 aromatic heterocycles. The minimum atomic E-state index is -0.806. The van der Waals surface area contributed by atoms with Gasteiger partial charge in [-0.25, -0.2) is 22.5 Å². The second-order valence-corrected chi connectivity index (χ2v) is 6.53. The van der Waals surface area contributed by atoms with Crippen molar-refractivity contribution >= 4 is 11.8 Å². The first-order chi connectivity index (χ1) is 12.3. The van der Waals surface area contributed by atoms with Crippen LogP contribution in [-0.4, -0.2) is 9.97 Å². The first kappa shape index (κ1) is 18.2. The van der Waals surface area contributed by atoms with Gasteiger partial charge in [-0.15, -0.1) is 0 Å². The summed E-state index contributed by atoms with van der Waals surface area (Å²) in [6.07, 6.45) is -0.228. The molecule has 1 N–H and O–H groups in total. The van der Waals surface area contributed by atoms with Crippen molar-refractivity contribution in [1.82, 2.24) is 9.97 Å². The molecule has 0 radical (unpaired) electrons. The van der Waals surface area contributed by atoms with Gasteiger partial charge in [0, 0.05) is 23.6 Å². The number of rotatable bonds is 4. The predicted octanol–water partition coefficient (Wildman–Crippen LogP) is 4.38. The van der Waals surface area contributed by atoms with Gasteiger partial charge >= 0.3 is 0 Å². The Hall–Kier alpha value is -2.61. The Kier molecular flexibility index (Phi) is 5.13. The highest BCUT2D eigenvalue weighted by molar-refractivity contribution is 7.99. The van der Waals surface area contributed by atoms with E-state index < -0.39 is 28.8 Å². The van der Waals surface area contributed by atoms with E-state index >= 15 is 0 Å². The zero-order chi connectivity index (χ0) is 18.8. The van der Waals surface area contributed by atoms with Gasteiger partial charge in [-0.3, -0.25) is 4.79 Å². The normalized spacial score (nSPS) is 11.0. The van der Waals surface area contributed by atoms with Crippen LogP contribution in [0, 0.1) is 30.2 Å². The van der Waals surface area contributed by atoms with E-state index in [1.807, 2.05) is 0 Å². The molecule has 0 saturated heterocycles. The van der Waals surface area contributed by atoms with Crippen LogP contribution in [0.3, 0.4) is 0 Å². The molecule has 0 amide bonds. The van der Waals surface area contributed by atoms with Gasteiger partial charge in [-0.05, 0) is 43.0 Å². The van der Waals surface area contributed by atoms with Crippen molar-refractivity contribution in [2.75, 3.05) is 0 Å². The fourth-order valence-electron chi connectivity index (χ4n) is 2.31. The van der Waals surface area contributed by atoms with Gasteiger partial charge in [0.1, 0.15) is 23.3 Å². The SMILES string of the molecule is Cc1c(Cc2c(F)cccc2F)nc(Sc2ccc(F)cc2F)[nH]c1=O. The lowest BCUT2D eigenvalue weighted by Gasteiger charge is -2.09. The Labute approximate surface area is 150 Å². The van der Waals surface area contributed by atoms with Crippen molar-refractivity contribution in [3.8, 4) is 0 Å². The molecule has 0 bridgehead atoms. The van der Waals surface area contributed by atoms with Gasteiger partial charge in [0.05, 0.1) is 10.6 Å². The lowest BCUT2D eigenvalue weighted by molar-refractivity contribution is 0.559. The second kappa shape index (κ2) is 7.33. The maximum absolute atomic E-state index is 13.9. The van der Waals surface area contributed by atoms with Gasteiger partial charge in [-0.1, -0.05) is 6.07 Å². The summed E-state index contributed by atoms with van der Waals surface area (Å²) in [6.45, 7) is 1.48. The summed E-state index contributed by atoms with van der Waals surface area (Å²) >= 11 is 0.783. The van der Waals surface area contributed by atoms with Crippen LogP contribution in [-0.2, 0) is 6.42 Å². The molecule has 0 aliphatic rings. The third-order valence-electron chi connectivity index (χ3n) is 3.74. The highest BCUT2D eigenvalue weighted by atomic mass is 32.2. The minimum Gasteiger partial charge on any atom is -0.301 e. The van der Waals surface area contributed by atoms with E-state index in [1.165, 1.54) is 19.1 Å². The van der Waals surface area contributed by atoms with Crippen LogP contribution in [0.4, 0.5) is 17.6 Å². The molecule has 0 aliphatic heterocycles. The summed E-state index contributed by atoms with van der Waals surface area (Å²) in [5, 5.41) is 0.0397. The molecule has 0 spiro atoms. The maximum atomic E-state index is 13.9. The number of hydrogen-bond acceptors (Lipinski definition) is 3. The number of aromatic amines is 1. The van der Waals surface area contributed by atoms with Gasteiger partial charge < -0.3 is 4.98 Å². The molecular weight excluding hydrogens is 368 g/mol. The molecule has 0 fully saturated rings. The summed E-state index contributed by atoms with van der Waals surface area (Å²) in [7, 11) is 0. The van der Waals surface area contributed by atoms with E-state index in [0.29, 0.717) is 6.07 Å². The number of H-pyrrole nitrogens is 1. The van der Waals surface area contributed by atoms with Crippen molar-refractivity contribution < 1.29 is 17.6 Å². The zero-order valence-corrected chi connectivity index (χ0v) is 14.3. The molecule has 3 nitrogen and oxygen atoms in total. The van der Waals surface area contributed by atoms with Crippen molar-refractivity contribution in [3.05, 3.63) is 86.8 Å². The summed E-state index contributed by atoms with van der Waals surface area (Å²) < 4.78 is 54.5. The largest absolute Gasteiger partial charge is 0.301 e. The summed E-state index contributed by atoms with van der Waals surface area (Å²) in [5.74, 6) is -3.02. The van der Waals surface area contributed by atoms with E-state index in [2.05, 4.69) is 9.97 Å². The molecule has 0 atom stereocenters. The Bertz CT molecular complexity index is 1020. The fourth-order valence-corrected chi connectivity index (χ4v) is 3.11. The molecule has 134 valence electrons. The Morgan fingerprint density at radius 1 is 1.04 bits per heavy atom. The second-order valence-electron chi connectivity index (χ2n) is 5.50. The number of hydrogen-bond donors (Lipinski definition) is 1. The third-order valence-corrected chi connectivity index (χ3v) is 4.67. The van der Waals surface area contributed by atoms with Crippen molar-refractivity contribution in [2.24, 2.45) is 0 Å². The highest BCUT2D eigenvalue weighted by Crippen LogP contribution is 2.28. The molecule has 0 saturated carbocycles. The number of nitrogens with one attached hydrogen (secondary N) is 1. The lowest BCUT2D eigenvalue weighted by atomic mass is 10.1. The molecule has 26 heavy (non-hydrogen) atoms. The molecule has 3 aromatic rings. The van der Waals surface area contributed by atoms with Gasteiger partial charge in [0.25, 0.3) is 5.56 Å². The third kappa shape index (κ3) is 3.80. The highest BCUT2D eigenvalue weighted by Gasteiger charge is 2.15. The average molecular weight is 380 g/mol. The molecule has 1 heterocycles. The predicted molar refractivity (Wildman–Crippen MR) is 89.2 cm³/mol. The molecule has 0 unspecified atom stereocenters. The van der Waals surface area contributed by atoms with E-state index in [1.54, 1.807) is 0 Å². The smallest absolute Gasteiger partial charge is 0.254 e. The van der Waals surface area contributed by atoms with Crippen LogP contribution in [0.5, 0.6) is 0 Å². The van der Waals surface area contributed by atoms with Gasteiger partial charge in [0.2, 0.25) is 0 Å². The first-order valence-corrected chi connectivity index (χ1v) is 8.32. The van der Waals surface area contributed by atoms with Crippen molar-refractivity contribution in [1.29, 1.82) is 0 Å². The van der Waals surface area contributed by atoms with Crippen molar-refractivity contribution in [2.45, 2.75) is 23.4 Å². The standard InChI is InChI=1S/C18H12F4N2OS/c1-9-15(8-11-12(20)3-2-4-13(11)21)23-18(24-17(9)25)26-16-6-5-10(19)7-14(16)22/h2-7H,8H2,1H3,(H,23,24,25). The lowest BCUT2D eigenvalue weighted by Crippen LogP contribution is -2.16. The monoisotopic (exact) mass is 380 g/mol. The molecule has 3 rings (SSSR count). The maximum Gasteiger partial charge on any atom is 0.254 e. The Balaban J connectivity index is 1.98. The summed E-state index contributed by atoms with van der Waals surface area (Å²) in [5.41, 5.74) is -0.339. The molecule has 2 aromatic carbocycles. The number of halogens is 4. The molecular formula is C18H12F4N2OS. The van der Waals surface area contributed by atoms with Gasteiger partial charge in [-0.2, -0.15) is 0 Å². The molecule has 0 aliphatic carbocycles. The minimum absolute atomic E-state index is 0.0397. The Morgan fingerprint density at radius 3 is 2.38 bits per heavy atom. The number of nitrogens with zero attached hydrogens (tertiary/aromatic N) is 1. The molecule has 8 heteroatoms. The average Bonchev–Trinajstić information content (AvgIpc) is 2.58. The first-order valence-electron chi connectivity index (χ1n) is 7.50. The van der Waals surface area contributed by atoms with Crippen LogP contribution < -0.4 is 5.56 Å². The van der Waals surface area contributed by atoms with Crippen LogP contribution in [0.25, 0.3) is 0 Å². The Morgan fingerprint density at radius 2 is 1.73 bits per heavy atom. The van der Waals surface area contributed by atoms with Crippen LogP contribution in [0.2, 0.25) is 0 Å².